The molecule has 4 rings (SSSR count). The van der Waals surface area contributed by atoms with Gasteiger partial charge in [-0.2, -0.15) is 0 Å². The van der Waals surface area contributed by atoms with Crippen molar-refractivity contribution in [2.75, 3.05) is 6.54 Å². The van der Waals surface area contributed by atoms with E-state index < -0.39 is 5.97 Å². The standard InChI is InChI=1S/C30H49NO4/c1-19(2)7-6-8-20(3)23-9-10-24-22-18-31(27(33)11-12-28(34)35)26-17-21(32)13-15-30(26,5)25(22)14-16-29(23,24)4/h11-12,19-26,32H,6-10,13-18H2,1-5H3,(H,34,35)/b12-11-/t20?,21-,22?,23+,24?,25?,26?,29+,30+/m0/s1. The van der Waals surface area contributed by atoms with E-state index in [2.05, 4.69) is 34.6 Å². The molecule has 5 unspecified atom stereocenters. The van der Waals surface area contributed by atoms with Crippen molar-refractivity contribution in [3.63, 3.8) is 0 Å². The molecule has 3 saturated carbocycles. The molecule has 9 atom stereocenters. The molecule has 4 fully saturated rings. The van der Waals surface area contributed by atoms with E-state index in [1.165, 1.54) is 51.0 Å². The number of carboxylic acid groups (broad SMARTS) is 1. The number of aliphatic hydroxyl groups is 1. The molecular formula is C30H49NO4. The maximum atomic E-state index is 13.3. The zero-order chi connectivity index (χ0) is 25.5. The Kier molecular flexibility index (Phi) is 7.77. The van der Waals surface area contributed by atoms with Crippen molar-refractivity contribution in [3.05, 3.63) is 12.2 Å². The minimum atomic E-state index is -1.09. The van der Waals surface area contributed by atoms with Gasteiger partial charge in [-0.15, -0.1) is 0 Å². The van der Waals surface area contributed by atoms with E-state index in [0.29, 0.717) is 29.6 Å². The van der Waals surface area contributed by atoms with Crippen LogP contribution in [0.4, 0.5) is 0 Å². The minimum Gasteiger partial charge on any atom is -0.478 e. The molecule has 198 valence electrons. The van der Waals surface area contributed by atoms with Gasteiger partial charge in [-0.25, -0.2) is 4.79 Å². The Morgan fingerprint density at radius 1 is 0.971 bits per heavy atom. The van der Waals surface area contributed by atoms with Gasteiger partial charge in [0.15, 0.2) is 0 Å². The molecule has 1 heterocycles. The maximum absolute atomic E-state index is 13.3. The molecule has 1 amide bonds. The van der Waals surface area contributed by atoms with Crippen LogP contribution in [-0.4, -0.2) is 45.7 Å². The van der Waals surface area contributed by atoms with E-state index in [-0.39, 0.29) is 23.5 Å². The van der Waals surface area contributed by atoms with Gasteiger partial charge in [-0.05, 0) is 91.3 Å². The highest BCUT2D eigenvalue weighted by atomic mass is 16.4. The molecule has 0 aromatic rings. The monoisotopic (exact) mass is 487 g/mol. The quantitative estimate of drug-likeness (QED) is 0.438. The maximum Gasteiger partial charge on any atom is 0.328 e. The second kappa shape index (κ2) is 10.2. The molecule has 35 heavy (non-hydrogen) atoms. The van der Waals surface area contributed by atoms with Crippen LogP contribution in [0.3, 0.4) is 0 Å². The van der Waals surface area contributed by atoms with Crippen LogP contribution in [0.1, 0.15) is 98.8 Å². The Labute approximate surface area is 212 Å². The summed E-state index contributed by atoms with van der Waals surface area (Å²) in [6.07, 6.45) is 13.2. The Morgan fingerprint density at radius 3 is 2.34 bits per heavy atom. The van der Waals surface area contributed by atoms with Crippen LogP contribution in [0.25, 0.3) is 0 Å². The van der Waals surface area contributed by atoms with Crippen LogP contribution in [0, 0.1) is 46.3 Å². The van der Waals surface area contributed by atoms with E-state index in [1.807, 2.05) is 4.90 Å². The van der Waals surface area contributed by atoms with Crippen LogP contribution in [0.15, 0.2) is 12.2 Å². The van der Waals surface area contributed by atoms with E-state index in [9.17, 15) is 14.7 Å². The van der Waals surface area contributed by atoms with Gasteiger partial charge in [0.2, 0.25) is 5.91 Å². The first-order valence-corrected chi connectivity index (χ1v) is 14.4. The molecule has 1 aliphatic heterocycles. The van der Waals surface area contributed by atoms with E-state index >= 15 is 0 Å². The predicted molar refractivity (Wildman–Crippen MR) is 139 cm³/mol. The predicted octanol–water partition coefficient (Wildman–Crippen LogP) is 5.91. The lowest BCUT2D eigenvalue weighted by molar-refractivity contribution is -0.170. The Morgan fingerprint density at radius 2 is 1.66 bits per heavy atom. The van der Waals surface area contributed by atoms with Gasteiger partial charge in [-0.1, -0.05) is 53.9 Å². The third-order valence-corrected chi connectivity index (χ3v) is 11.2. The van der Waals surface area contributed by atoms with E-state index in [0.717, 1.165) is 43.2 Å². The summed E-state index contributed by atoms with van der Waals surface area (Å²) in [7, 11) is 0. The molecular weight excluding hydrogens is 438 g/mol. The van der Waals surface area contributed by atoms with Gasteiger partial charge >= 0.3 is 5.97 Å². The topological polar surface area (TPSA) is 77.8 Å². The van der Waals surface area contributed by atoms with Crippen molar-refractivity contribution < 1.29 is 19.8 Å². The number of rotatable bonds is 7. The van der Waals surface area contributed by atoms with Gasteiger partial charge in [0, 0.05) is 24.7 Å². The van der Waals surface area contributed by atoms with E-state index in [4.69, 9.17) is 5.11 Å². The van der Waals surface area contributed by atoms with Crippen molar-refractivity contribution in [2.24, 2.45) is 46.3 Å². The van der Waals surface area contributed by atoms with Crippen molar-refractivity contribution in [3.8, 4) is 0 Å². The summed E-state index contributed by atoms with van der Waals surface area (Å²) in [5, 5.41) is 19.6. The molecule has 3 aliphatic carbocycles. The number of nitrogens with zero attached hydrogens (tertiary/aromatic N) is 1. The number of carboxylic acids is 1. The fraction of sp³-hybridized carbons (Fsp3) is 0.867. The molecule has 0 bridgehead atoms. The molecule has 5 heteroatoms. The van der Waals surface area contributed by atoms with Crippen LogP contribution in [0.2, 0.25) is 0 Å². The third-order valence-electron chi connectivity index (χ3n) is 11.2. The number of likely N-dealkylation sites (tertiary alicyclic amines) is 1. The molecule has 2 N–H and O–H groups in total. The zero-order valence-corrected chi connectivity index (χ0v) is 22.7. The fourth-order valence-electron chi connectivity index (χ4n) is 9.43. The lowest BCUT2D eigenvalue weighted by atomic mass is 9.47. The first kappa shape index (κ1) is 26.7. The minimum absolute atomic E-state index is 0.00281. The van der Waals surface area contributed by atoms with Gasteiger partial charge in [-0.3, -0.25) is 4.79 Å². The molecule has 0 aromatic carbocycles. The SMILES string of the molecule is CC(C)CCCC(C)[C@H]1CCC2C3CN(C(=O)/C=C\C(=O)O)C4C[C@@H](O)CC[C@]4(C)C3CC[C@@]21C. The third kappa shape index (κ3) is 4.95. The van der Waals surface area contributed by atoms with Gasteiger partial charge in [0.1, 0.15) is 0 Å². The summed E-state index contributed by atoms with van der Waals surface area (Å²) < 4.78 is 0. The number of hydrogen-bond acceptors (Lipinski definition) is 3. The summed E-state index contributed by atoms with van der Waals surface area (Å²) in [6.45, 7) is 12.8. The number of hydrogen-bond donors (Lipinski definition) is 2. The highest BCUT2D eigenvalue weighted by Crippen LogP contribution is 2.66. The number of piperidine rings is 1. The van der Waals surface area contributed by atoms with Crippen molar-refractivity contribution >= 4 is 11.9 Å². The highest BCUT2D eigenvalue weighted by Gasteiger charge is 2.62. The van der Waals surface area contributed by atoms with Gasteiger partial charge in [0.05, 0.1) is 6.10 Å². The zero-order valence-electron chi connectivity index (χ0n) is 22.7. The Balaban J connectivity index is 1.58. The Bertz CT molecular complexity index is 823. The van der Waals surface area contributed by atoms with Gasteiger partial charge < -0.3 is 15.1 Å². The van der Waals surface area contributed by atoms with Crippen LogP contribution < -0.4 is 0 Å². The number of carbonyl (C=O) groups excluding carboxylic acids is 1. The molecule has 1 saturated heterocycles. The second-order valence-corrected chi connectivity index (χ2v) is 13.5. The van der Waals surface area contributed by atoms with Gasteiger partial charge in [0.25, 0.3) is 0 Å². The average molecular weight is 488 g/mol. The molecule has 5 nitrogen and oxygen atoms in total. The largest absolute Gasteiger partial charge is 0.478 e. The van der Waals surface area contributed by atoms with Crippen LogP contribution in [-0.2, 0) is 9.59 Å². The average Bonchev–Trinajstić information content (AvgIpc) is 3.14. The second-order valence-electron chi connectivity index (χ2n) is 13.5. The number of carbonyl (C=O) groups is 2. The number of amides is 1. The van der Waals surface area contributed by atoms with Crippen molar-refractivity contribution in [1.82, 2.24) is 4.90 Å². The van der Waals surface area contributed by atoms with E-state index in [1.54, 1.807) is 0 Å². The molecule has 4 aliphatic rings. The Hall–Kier alpha value is -1.36. The lowest BCUT2D eigenvalue weighted by Gasteiger charge is -2.63. The molecule has 0 spiro atoms. The van der Waals surface area contributed by atoms with Crippen molar-refractivity contribution in [2.45, 2.75) is 111 Å². The number of aliphatic hydroxyl groups excluding tert-OH is 1. The van der Waals surface area contributed by atoms with Crippen LogP contribution >= 0.6 is 0 Å². The van der Waals surface area contributed by atoms with Crippen molar-refractivity contribution in [1.29, 1.82) is 0 Å². The van der Waals surface area contributed by atoms with Crippen LogP contribution in [0.5, 0.6) is 0 Å². The number of aliphatic carboxylic acids is 1. The lowest BCUT2D eigenvalue weighted by Crippen LogP contribution is -2.66. The summed E-state index contributed by atoms with van der Waals surface area (Å²) in [5.41, 5.74) is 0.332. The summed E-state index contributed by atoms with van der Waals surface area (Å²) in [6, 6.07) is -0.00467. The first-order valence-electron chi connectivity index (χ1n) is 14.4. The first-order chi connectivity index (χ1) is 16.5. The number of fused-ring (bicyclic) bond motifs is 5. The normalized spacial score (nSPS) is 42.0. The summed E-state index contributed by atoms with van der Waals surface area (Å²) in [5.74, 6) is 2.68. The summed E-state index contributed by atoms with van der Waals surface area (Å²) in [4.78, 5) is 26.4. The fourth-order valence-corrected chi connectivity index (χ4v) is 9.43. The molecule has 0 aromatic heterocycles. The smallest absolute Gasteiger partial charge is 0.328 e. The molecule has 0 radical (unpaired) electrons. The highest BCUT2D eigenvalue weighted by molar-refractivity contribution is 5.94. The summed E-state index contributed by atoms with van der Waals surface area (Å²) >= 11 is 0.